The van der Waals surface area contributed by atoms with Crippen LogP contribution in [0.5, 0.6) is 0 Å². The molecule has 8 heteroatoms. The number of aryl methyl sites for hydroxylation is 2. The first kappa shape index (κ1) is 21.5. The molecule has 2 aromatic carbocycles. The van der Waals surface area contributed by atoms with Gasteiger partial charge in [0.2, 0.25) is 5.91 Å². The van der Waals surface area contributed by atoms with Crippen molar-refractivity contribution in [2.24, 2.45) is 5.92 Å². The summed E-state index contributed by atoms with van der Waals surface area (Å²) in [7, 11) is -3.65. The van der Waals surface area contributed by atoms with Crippen molar-refractivity contribution in [3.05, 3.63) is 71.1 Å². The Kier molecular flexibility index (Phi) is 5.54. The van der Waals surface area contributed by atoms with Crippen LogP contribution in [0.25, 0.3) is 12.2 Å². The predicted octanol–water partition coefficient (Wildman–Crippen LogP) is 4.64. The van der Waals surface area contributed by atoms with Gasteiger partial charge in [0, 0.05) is 12.5 Å². The number of benzene rings is 2. The first-order chi connectivity index (χ1) is 15.9. The molecule has 7 nitrogen and oxygen atoms in total. The molecule has 1 aliphatic carbocycles. The number of nitrogens with one attached hydrogen (secondary N) is 1. The zero-order valence-electron chi connectivity index (χ0n) is 18.3. The molecule has 170 valence electrons. The van der Waals surface area contributed by atoms with Crippen LogP contribution in [0.2, 0.25) is 0 Å². The number of hydrogen-bond donors (Lipinski definition) is 1. The van der Waals surface area contributed by atoms with Crippen molar-refractivity contribution < 1.29 is 17.7 Å². The summed E-state index contributed by atoms with van der Waals surface area (Å²) < 4.78 is 33.4. The van der Waals surface area contributed by atoms with Crippen LogP contribution < -0.4 is 9.62 Å². The van der Waals surface area contributed by atoms with Crippen molar-refractivity contribution in [2.75, 3.05) is 16.2 Å². The molecule has 5 rings (SSSR count). The topological polar surface area (TPSA) is 92.5 Å². The van der Waals surface area contributed by atoms with Crippen molar-refractivity contribution in [2.45, 2.75) is 37.5 Å². The highest BCUT2D eigenvalue weighted by atomic mass is 32.2. The van der Waals surface area contributed by atoms with Crippen molar-refractivity contribution in [3.63, 3.8) is 0 Å². The molecule has 0 unspecified atom stereocenters. The first-order valence-electron chi connectivity index (χ1n) is 11.1. The van der Waals surface area contributed by atoms with E-state index in [9.17, 15) is 13.2 Å². The fraction of sp³-hybridized carbons (Fsp3) is 0.280. The maximum absolute atomic E-state index is 13.3. The zero-order valence-corrected chi connectivity index (χ0v) is 19.1. The van der Waals surface area contributed by atoms with Gasteiger partial charge in [-0.05, 0) is 68.0 Å². The maximum atomic E-state index is 13.3. The van der Waals surface area contributed by atoms with Crippen molar-refractivity contribution in [1.29, 1.82) is 0 Å². The number of fused-ring (bicyclic) bond motifs is 1. The number of rotatable bonds is 6. The number of carbonyl (C=O) groups is 1. The van der Waals surface area contributed by atoms with E-state index >= 15 is 0 Å². The number of nitrogens with zero attached hydrogens (tertiary/aromatic N) is 2. The largest absolute Gasteiger partial charge is 0.354 e. The molecule has 1 aromatic heterocycles. The monoisotopic (exact) mass is 463 g/mol. The quantitative estimate of drug-likeness (QED) is 0.575. The fourth-order valence-electron chi connectivity index (χ4n) is 4.02. The van der Waals surface area contributed by atoms with Crippen LogP contribution in [0, 0.1) is 12.8 Å². The van der Waals surface area contributed by atoms with E-state index in [-0.39, 0.29) is 16.7 Å². The molecule has 0 bridgehead atoms. The average molecular weight is 464 g/mol. The van der Waals surface area contributed by atoms with Crippen LogP contribution in [0.1, 0.15) is 41.8 Å². The summed E-state index contributed by atoms with van der Waals surface area (Å²) in [6.07, 6.45) is 7.05. The second-order valence-electron chi connectivity index (χ2n) is 8.48. The van der Waals surface area contributed by atoms with E-state index in [4.69, 9.17) is 4.52 Å². The van der Waals surface area contributed by atoms with Gasteiger partial charge in [0.25, 0.3) is 10.0 Å². The normalized spacial score (nSPS) is 16.1. The Balaban J connectivity index is 1.35. The van der Waals surface area contributed by atoms with Crippen LogP contribution in [-0.4, -0.2) is 26.0 Å². The molecule has 1 amide bonds. The molecule has 0 atom stereocenters. The lowest BCUT2D eigenvalue weighted by Crippen LogP contribution is -2.35. The van der Waals surface area contributed by atoms with Gasteiger partial charge in [-0.15, -0.1) is 0 Å². The molecule has 1 fully saturated rings. The van der Waals surface area contributed by atoms with Gasteiger partial charge in [-0.1, -0.05) is 41.6 Å². The maximum Gasteiger partial charge on any atom is 0.264 e. The standard InChI is InChI=1S/C25H25N3O4S/c1-17-24(26-25(29)20-11-12-20)23(32-27-17)15-10-18-8-13-21(14-9-18)33(30,31)28-16-4-6-19-5-2-3-7-22(19)28/h2-3,5,7-10,13-15,20H,4,6,11-12,16H2,1H3,(H,26,29)/b15-10-. The highest BCUT2D eigenvalue weighted by molar-refractivity contribution is 7.92. The Morgan fingerprint density at radius 2 is 1.88 bits per heavy atom. The minimum atomic E-state index is -3.65. The summed E-state index contributed by atoms with van der Waals surface area (Å²) in [5.74, 6) is 0.533. The Morgan fingerprint density at radius 3 is 2.64 bits per heavy atom. The Morgan fingerprint density at radius 1 is 1.12 bits per heavy atom. The molecule has 1 saturated carbocycles. The molecule has 2 aliphatic rings. The number of aromatic nitrogens is 1. The molecule has 1 aliphatic heterocycles. The molecule has 1 N–H and O–H groups in total. The number of anilines is 2. The summed E-state index contributed by atoms with van der Waals surface area (Å²) in [4.78, 5) is 12.4. The number of hydrogen-bond acceptors (Lipinski definition) is 5. The highest BCUT2D eigenvalue weighted by Crippen LogP contribution is 2.33. The summed E-state index contributed by atoms with van der Waals surface area (Å²) in [6, 6.07) is 14.4. The molecule has 2 heterocycles. The molecule has 0 spiro atoms. The number of carbonyl (C=O) groups excluding carboxylic acids is 1. The van der Waals surface area contributed by atoms with E-state index in [1.807, 2.05) is 24.3 Å². The molecule has 33 heavy (non-hydrogen) atoms. The summed E-state index contributed by atoms with van der Waals surface area (Å²) >= 11 is 0. The van der Waals surface area contributed by atoms with Gasteiger partial charge >= 0.3 is 0 Å². The van der Waals surface area contributed by atoms with Crippen molar-refractivity contribution in [3.8, 4) is 0 Å². The van der Waals surface area contributed by atoms with Crippen LogP contribution in [-0.2, 0) is 21.2 Å². The van der Waals surface area contributed by atoms with Gasteiger partial charge in [-0.25, -0.2) is 8.42 Å². The molecule has 0 radical (unpaired) electrons. The zero-order chi connectivity index (χ0) is 23.0. The third kappa shape index (κ3) is 4.30. The lowest BCUT2D eigenvalue weighted by Gasteiger charge is -2.30. The van der Waals surface area contributed by atoms with E-state index < -0.39 is 10.0 Å². The van der Waals surface area contributed by atoms with E-state index in [1.54, 1.807) is 43.3 Å². The van der Waals surface area contributed by atoms with E-state index in [1.165, 1.54) is 4.31 Å². The predicted molar refractivity (Wildman–Crippen MR) is 127 cm³/mol. The molecular weight excluding hydrogens is 438 g/mol. The third-order valence-electron chi connectivity index (χ3n) is 6.05. The average Bonchev–Trinajstić information content (AvgIpc) is 3.63. The Bertz CT molecular complexity index is 1320. The number of sulfonamides is 1. The number of amides is 1. The molecule has 3 aromatic rings. The summed E-state index contributed by atoms with van der Waals surface area (Å²) in [5, 5.41) is 6.85. The van der Waals surface area contributed by atoms with Gasteiger partial charge < -0.3 is 9.84 Å². The van der Waals surface area contributed by atoms with Crippen molar-refractivity contribution >= 4 is 39.5 Å². The van der Waals surface area contributed by atoms with Crippen LogP contribution in [0.3, 0.4) is 0 Å². The Labute approximate surface area is 193 Å². The number of para-hydroxylation sites is 1. The molecular formula is C25H25N3O4S. The van der Waals surface area contributed by atoms with E-state index in [0.717, 1.165) is 42.5 Å². The lowest BCUT2D eigenvalue weighted by atomic mass is 10.0. The highest BCUT2D eigenvalue weighted by Gasteiger charge is 2.31. The van der Waals surface area contributed by atoms with Gasteiger partial charge in [-0.2, -0.15) is 0 Å². The van der Waals surface area contributed by atoms with Crippen LogP contribution in [0.15, 0.2) is 57.9 Å². The van der Waals surface area contributed by atoms with Gasteiger partial charge in [0.05, 0.1) is 10.6 Å². The van der Waals surface area contributed by atoms with Crippen LogP contribution in [0.4, 0.5) is 11.4 Å². The fourth-order valence-corrected chi connectivity index (χ4v) is 5.56. The molecule has 0 saturated heterocycles. The minimum Gasteiger partial charge on any atom is -0.354 e. The summed E-state index contributed by atoms with van der Waals surface area (Å²) in [6.45, 7) is 2.25. The van der Waals surface area contributed by atoms with Gasteiger partial charge in [0.15, 0.2) is 5.76 Å². The Hall–Kier alpha value is -3.39. The first-order valence-corrected chi connectivity index (χ1v) is 12.5. The van der Waals surface area contributed by atoms with E-state index in [2.05, 4.69) is 10.5 Å². The van der Waals surface area contributed by atoms with Crippen molar-refractivity contribution in [1.82, 2.24) is 5.16 Å². The summed E-state index contributed by atoms with van der Waals surface area (Å²) in [5.41, 5.74) is 3.81. The minimum absolute atomic E-state index is 0.00945. The third-order valence-corrected chi connectivity index (χ3v) is 7.88. The SMILES string of the molecule is Cc1noc(/C=C\c2ccc(S(=O)(=O)N3CCCc4ccccc43)cc2)c1NC(=O)C1CC1. The lowest BCUT2D eigenvalue weighted by molar-refractivity contribution is -0.117. The van der Waals surface area contributed by atoms with Gasteiger partial charge in [-0.3, -0.25) is 9.10 Å². The second kappa shape index (κ2) is 8.51. The second-order valence-corrected chi connectivity index (χ2v) is 10.3. The van der Waals surface area contributed by atoms with Gasteiger partial charge in [0.1, 0.15) is 11.4 Å². The van der Waals surface area contributed by atoms with Crippen LogP contribution >= 0.6 is 0 Å². The van der Waals surface area contributed by atoms with E-state index in [0.29, 0.717) is 23.7 Å². The smallest absolute Gasteiger partial charge is 0.264 e.